The van der Waals surface area contributed by atoms with Crippen LogP contribution in [-0.2, 0) is 4.79 Å². The van der Waals surface area contributed by atoms with Crippen molar-refractivity contribution in [2.45, 2.75) is 5.22 Å². The van der Waals surface area contributed by atoms with Gasteiger partial charge in [0, 0.05) is 10.6 Å². The molecule has 1 heterocycles. The Morgan fingerprint density at radius 3 is 2.68 bits per heavy atom. The minimum Gasteiger partial charge on any atom is -0.411 e. The van der Waals surface area contributed by atoms with Crippen LogP contribution < -0.4 is 5.32 Å². The van der Waals surface area contributed by atoms with Crippen molar-refractivity contribution in [2.24, 2.45) is 0 Å². The first-order valence-electron chi connectivity index (χ1n) is 6.98. The van der Waals surface area contributed by atoms with E-state index in [1.54, 1.807) is 0 Å². The van der Waals surface area contributed by atoms with E-state index in [9.17, 15) is 13.6 Å². The second kappa shape index (κ2) is 7.62. The number of nitrogens with zero attached hydrogens (tertiary/aromatic N) is 2. The first kappa shape index (κ1) is 17.4. The van der Waals surface area contributed by atoms with Gasteiger partial charge in [0.2, 0.25) is 11.8 Å². The van der Waals surface area contributed by atoms with Crippen LogP contribution in [0.25, 0.3) is 11.5 Å². The summed E-state index contributed by atoms with van der Waals surface area (Å²) in [7, 11) is 0. The Kier molecular flexibility index (Phi) is 5.30. The van der Waals surface area contributed by atoms with Crippen molar-refractivity contribution in [3.63, 3.8) is 0 Å². The molecule has 1 aromatic heterocycles. The monoisotopic (exact) mass is 381 g/mol. The Balaban J connectivity index is 1.59. The van der Waals surface area contributed by atoms with Crippen molar-refractivity contribution in [1.29, 1.82) is 0 Å². The predicted octanol–water partition coefficient (Wildman–Crippen LogP) is 4.40. The molecular weight excluding hydrogens is 372 g/mol. The van der Waals surface area contributed by atoms with Crippen LogP contribution in [0.4, 0.5) is 14.5 Å². The number of aromatic nitrogens is 2. The molecule has 0 atom stereocenters. The maximum atomic E-state index is 13.6. The number of thioether (sulfide) groups is 1. The maximum absolute atomic E-state index is 13.6. The van der Waals surface area contributed by atoms with E-state index in [0.717, 1.165) is 17.8 Å². The van der Waals surface area contributed by atoms with Gasteiger partial charge in [0.1, 0.15) is 11.6 Å². The average Bonchev–Trinajstić information content (AvgIpc) is 3.06. The molecule has 0 aliphatic carbocycles. The predicted molar refractivity (Wildman–Crippen MR) is 90.5 cm³/mol. The number of amides is 1. The fourth-order valence-electron chi connectivity index (χ4n) is 1.88. The van der Waals surface area contributed by atoms with E-state index in [1.807, 2.05) is 0 Å². The molecule has 1 amide bonds. The Morgan fingerprint density at radius 2 is 1.92 bits per heavy atom. The third-order valence-corrected chi connectivity index (χ3v) is 4.08. The number of halogens is 3. The summed E-state index contributed by atoms with van der Waals surface area (Å²) in [5.74, 6) is -1.25. The van der Waals surface area contributed by atoms with E-state index < -0.39 is 11.7 Å². The smallest absolute Gasteiger partial charge is 0.277 e. The number of rotatable bonds is 5. The fourth-order valence-corrected chi connectivity index (χ4v) is 2.62. The molecule has 0 spiro atoms. The standard InChI is InChI=1S/C16H10ClF2N3O2S/c17-10-3-6-12(19)13(7-10)20-14(23)8-25-16-22-21-15(24-16)9-1-4-11(18)5-2-9/h1-7H,8H2,(H,20,23). The normalized spacial score (nSPS) is 10.7. The highest BCUT2D eigenvalue weighted by molar-refractivity contribution is 7.99. The van der Waals surface area contributed by atoms with E-state index in [4.69, 9.17) is 16.0 Å². The zero-order valence-corrected chi connectivity index (χ0v) is 14.1. The molecule has 3 rings (SSSR count). The highest BCUT2D eigenvalue weighted by atomic mass is 35.5. The molecule has 0 saturated heterocycles. The van der Waals surface area contributed by atoms with Crippen LogP contribution in [0, 0.1) is 11.6 Å². The summed E-state index contributed by atoms with van der Waals surface area (Å²) < 4.78 is 31.9. The molecule has 128 valence electrons. The molecule has 1 N–H and O–H groups in total. The summed E-state index contributed by atoms with van der Waals surface area (Å²) >= 11 is 6.76. The second-order valence-electron chi connectivity index (χ2n) is 4.84. The quantitative estimate of drug-likeness (QED) is 0.663. The number of carbonyl (C=O) groups excluding carboxylic acids is 1. The summed E-state index contributed by atoms with van der Waals surface area (Å²) in [5, 5.41) is 10.5. The first-order chi connectivity index (χ1) is 12.0. The molecule has 9 heteroatoms. The Bertz CT molecular complexity index is 903. The van der Waals surface area contributed by atoms with Crippen LogP contribution in [0.15, 0.2) is 52.1 Å². The SMILES string of the molecule is O=C(CSc1nnc(-c2ccc(F)cc2)o1)Nc1cc(Cl)ccc1F. The van der Waals surface area contributed by atoms with Crippen LogP contribution >= 0.6 is 23.4 Å². The topological polar surface area (TPSA) is 68.0 Å². The van der Waals surface area contributed by atoms with Gasteiger partial charge >= 0.3 is 0 Å². The number of benzene rings is 2. The van der Waals surface area contributed by atoms with Crippen molar-refractivity contribution < 1.29 is 18.0 Å². The lowest BCUT2D eigenvalue weighted by atomic mass is 10.2. The molecule has 0 unspecified atom stereocenters. The van der Waals surface area contributed by atoms with Gasteiger partial charge in [-0.3, -0.25) is 4.79 Å². The number of carbonyl (C=O) groups is 1. The molecule has 25 heavy (non-hydrogen) atoms. The maximum Gasteiger partial charge on any atom is 0.277 e. The van der Waals surface area contributed by atoms with Crippen molar-refractivity contribution in [2.75, 3.05) is 11.1 Å². The van der Waals surface area contributed by atoms with Gasteiger partial charge in [-0.2, -0.15) is 0 Å². The number of nitrogens with one attached hydrogen (secondary N) is 1. The summed E-state index contributed by atoms with van der Waals surface area (Å²) in [4.78, 5) is 11.9. The number of hydrogen-bond donors (Lipinski definition) is 1. The number of hydrogen-bond acceptors (Lipinski definition) is 5. The largest absolute Gasteiger partial charge is 0.411 e. The van der Waals surface area contributed by atoms with Gasteiger partial charge in [0.25, 0.3) is 5.22 Å². The zero-order valence-electron chi connectivity index (χ0n) is 12.5. The van der Waals surface area contributed by atoms with Gasteiger partial charge < -0.3 is 9.73 Å². The van der Waals surface area contributed by atoms with E-state index in [1.165, 1.54) is 36.4 Å². The van der Waals surface area contributed by atoms with Crippen LogP contribution in [0.1, 0.15) is 0 Å². The Labute approximate surface area is 150 Å². The number of anilines is 1. The van der Waals surface area contributed by atoms with Gasteiger partial charge in [-0.1, -0.05) is 23.4 Å². The zero-order chi connectivity index (χ0) is 17.8. The molecule has 0 saturated carbocycles. The van der Waals surface area contributed by atoms with E-state index in [0.29, 0.717) is 10.6 Å². The molecule has 0 bridgehead atoms. The summed E-state index contributed by atoms with van der Waals surface area (Å²) in [6, 6.07) is 9.43. The summed E-state index contributed by atoms with van der Waals surface area (Å²) in [6.45, 7) is 0. The Hall–Kier alpha value is -2.45. The summed E-state index contributed by atoms with van der Waals surface area (Å²) in [5.41, 5.74) is 0.557. The van der Waals surface area contributed by atoms with Crippen molar-refractivity contribution in [1.82, 2.24) is 10.2 Å². The third-order valence-electron chi connectivity index (χ3n) is 3.03. The minimum atomic E-state index is -0.584. The molecule has 3 aromatic rings. The molecule has 2 aromatic carbocycles. The first-order valence-corrected chi connectivity index (χ1v) is 8.35. The highest BCUT2D eigenvalue weighted by Gasteiger charge is 2.13. The van der Waals surface area contributed by atoms with Crippen molar-refractivity contribution in [3.05, 3.63) is 59.1 Å². The molecule has 0 aliphatic rings. The third kappa shape index (κ3) is 4.55. The van der Waals surface area contributed by atoms with E-state index in [-0.39, 0.29) is 28.4 Å². The van der Waals surface area contributed by atoms with Gasteiger partial charge in [-0.05, 0) is 42.5 Å². The van der Waals surface area contributed by atoms with Crippen LogP contribution in [0.5, 0.6) is 0 Å². The molecule has 0 fully saturated rings. The van der Waals surface area contributed by atoms with Gasteiger partial charge in [0.15, 0.2) is 0 Å². The van der Waals surface area contributed by atoms with Crippen LogP contribution in [-0.4, -0.2) is 21.9 Å². The van der Waals surface area contributed by atoms with Gasteiger partial charge in [-0.25, -0.2) is 8.78 Å². The molecular formula is C16H10ClF2N3O2S. The van der Waals surface area contributed by atoms with Crippen LogP contribution in [0.2, 0.25) is 5.02 Å². The molecule has 0 radical (unpaired) electrons. The second-order valence-corrected chi connectivity index (χ2v) is 6.20. The summed E-state index contributed by atoms with van der Waals surface area (Å²) in [6.07, 6.45) is 0. The Morgan fingerprint density at radius 1 is 1.16 bits per heavy atom. The highest BCUT2D eigenvalue weighted by Crippen LogP contribution is 2.24. The average molecular weight is 382 g/mol. The fraction of sp³-hybridized carbons (Fsp3) is 0.0625. The van der Waals surface area contributed by atoms with E-state index >= 15 is 0 Å². The lowest BCUT2D eigenvalue weighted by Crippen LogP contribution is -2.15. The van der Waals surface area contributed by atoms with E-state index in [2.05, 4.69) is 15.5 Å². The molecule has 5 nitrogen and oxygen atoms in total. The van der Waals surface area contributed by atoms with Crippen molar-refractivity contribution in [3.8, 4) is 11.5 Å². The van der Waals surface area contributed by atoms with Crippen LogP contribution in [0.3, 0.4) is 0 Å². The van der Waals surface area contributed by atoms with Crippen molar-refractivity contribution >= 4 is 35.0 Å². The van der Waals surface area contributed by atoms with Gasteiger partial charge in [0.05, 0.1) is 11.4 Å². The lowest BCUT2D eigenvalue weighted by molar-refractivity contribution is -0.113. The lowest BCUT2D eigenvalue weighted by Gasteiger charge is -2.05. The molecule has 0 aliphatic heterocycles. The van der Waals surface area contributed by atoms with Gasteiger partial charge in [-0.15, -0.1) is 10.2 Å². The minimum absolute atomic E-state index is 0.00405.